The average Bonchev–Trinajstić information content (AvgIpc) is 2.66. The van der Waals surface area contributed by atoms with E-state index in [2.05, 4.69) is 4.98 Å². The van der Waals surface area contributed by atoms with Gasteiger partial charge in [-0.15, -0.1) is 0 Å². The van der Waals surface area contributed by atoms with Gasteiger partial charge in [-0.1, -0.05) is 6.08 Å². The van der Waals surface area contributed by atoms with Crippen LogP contribution in [0.4, 0.5) is 0 Å². The molecule has 6 nitrogen and oxygen atoms in total. The lowest BCUT2D eigenvalue weighted by Gasteiger charge is -1.96. The Morgan fingerprint density at radius 2 is 2.44 bits per heavy atom. The summed E-state index contributed by atoms with van der Waals surface area (Å²) in [6.45, 7) is 2.25. The van der Waals surface area contributed by atoms with Crippen LogP contribution in [0.3, 0.4) is 0 Å². The molecule has 2 aromatic rings. The van der Waals surface area contributed by atoms with Gasteiger partial charge in [-0.25, -0.2) is 14.6 Å². The van der Waals surface area contributed by atoms with E-state index in [-0.39, 0.29) is 6.54 Å². The van der Waals surface area contributed by atoms with E-state index in [0.29, 0.717) is 17.8 Å². The van der Waals surface area contributed by atoms with Crippen LogP contribution in [0.1, 0.15) is 6.92 Å². The molecule has 18 heavy (non-hydrogen) atoms. The molecule has 0 aliphatic carbocycles. The number of hydrogen-bond donors (Lipinski definition) is 0. The molecule has 94 valence electrons. The monoisotopic (exact) mass is 248 g/mol. The molecule has 0 fully saturated rings. The Morgan fingerprint density at radius 1 is 1.61 bits per heavy atom. The van der Waals surface area contributed by atoms with Crippen molar-refractivity contribution in [2.24, 2.45) is 0 Å². The van der Waals surface area contributed by atoms with Crippen molar-refractivity contribution >= 4 is 17.2 Å². The molecular formula is C12H12N2O4. The van der Waals surface area contributed by atoms with Gasteiger partial charge in [0, 0.05) is 18.8 Å². The number of rotatable bonds is 4. The summed E-state index contributed by atoms with van der Waals surface area (Å²) in [6, 6.07) is 3.35. The van der Waals surface area contributed by atoms with E-state index in [1.165, 1.54) is 16.7 Å². The smallest absolute Gasteiger partial charge is 0.421 e. The van der Waals surface area contributed by atoms with Crippen molar-refractivity contribution < 1.29 is 13.9 Å². The van der Waals surface area contributed by atoms with Gasteiger partial charge in [0.15, 0.2) is 11.2 Å². The number of pyridine rings is 1. The largest absolute Gasteiger partial charge is 0.463 e. The summed E-state index contributed by atoms with van der Waals surface area (Å²) >= 11 is 0. The van der Waals surface area contributed by atoms with E-state index >= 15 is 0 Å². The highest BCUT2D eigenvalue weighted by atomic mass is 16.5. The second kappa shape index (κ2) is 5.31. The van der Waals surface area contributed by atoms with Crippen LogP contribution in [0.5, 0.6) is 0 Å². The maximum Gasteiger partial charge on any atom is 0.421 e. The molecule has 0 atom stereocenters. The van der Waals surface area contributed by atoms with Crippen molar-refractivity contribution in [1.82, 2.24) is 9.55 Å². The lowest BCUT2D eigenvalue weighted by molar-refractivity contribution is -0.137. The van der Waals surface area contributed by atoms with Gasteiger partial charge in [0.2, 0.25) is 0 Å². The van der Waals surface area contributed by atoms with Crippen LogP contribution in [-0.4, -0.2) is 22.1 Å². The molecule has 0 aliphatic heterocycles. The number of nitrogens with zero attached hydrogens (tertiary/aromatic N) is 2. The predicted molar refractivity (Wildman–Crippen MR) is 64.0 cm³/mol. The molecule has 2 heterocycles. The zero-order valence-corrected chi connectivity index (χ0v) is 9.83. The summed E-state index contributed by atoms with van der Waals surface area (Å²) in [5, 5.41) is 0. The number of carbonyl (C=O) groups is 1. The first-order valence-corrected chi connectivity index (χ1v) is 5.50. The lowest BCUT2D eigenvalue weighted by Crippen LogP contribution is -2.13. The molecule has 0 radical (unpaired) electrons. The highest BCUT2D eigenvalue weighted by Crippen LogP contribution is 2.08. The Morgan fingerprint density at radius 3 is 3.22 bits per heavy atom. The summed E-state index contributed by atoms with van der Waals surface area (Å²) < 4.78 is 11.1. The van der Waals surface area contributed by atoms with E-state index in [1.54, 1.807) is 25.3 Å². The SMILES string of the molecule is CCOC(=O)/C=C/Cn1c(=O)oc2cccnc21. The van der Waals surface area contributed by atoms with E-state index in [1.807, 2.05) is 0 Å². The molecule has 0 aromatic carbocycles. The summed E-state index contributed by atoms with van der Waals surface area (Å²) in [6.07, 6.45) is 4.38. The Bertz CT molecular complexity index is 639. The van der Waals surface area contributed by atoms with E-state index in [9.17, 15) is 9.59 Å². The van der Waals surface area contributed by atoms with Crippen molar-refractivity contribution in [1.29, 1.82) is 0 Å². The van der Waals surface area contributed by atoms with E-state index < -0.39 is 11.7 Å². The van der Waals surface area contributed by atoms with Crippen molar-refractivity contribution in [3.8, 4) is 0 Å². The summed E-state index contributed by atoms with van der Waals surface area (Å²) in [5.74, 6) is -0.941. The molecule has 2 aromatic heterocycles. The molecule has 0 bridgehead atoms. The summed E-state index contributed by atoms with van der Waals surface area (Å²) in [7, 11) is 0. The Kier molecular flexibility index (Phi) is 3.57. The topological polar surface area (TPSA) is 74.3 Å². The third-order valence-electron chi connectivity index (χ3n) is 2.25. The molecule has 0 amide bonds. The van der Waals surface area contributed by atoms with Crippen LogP contribution in [-0.2, 0) is 16.1 Å². The molecule has 0 saturated carbocycles. The van der Waals surface area contributed by atoms with E-state index in [0.717, 1.165) is 0 Å². The Balaban J connectivity index is 2.19. The first kappa shape index (κ1) is 12.1. The third-order valence-corrected chi connectivity index (χ3v) is 2.25. The highest BCUT2D eigenvalue weighted by Gasteiger charge is 2.07. The fourth-order valence-corrected chi connectivity index (χ4v) is 1.51. The van der Waals surface area contributed by atoms with Crippen molar-refractivity contribution in [3.05, 3.63) is 41.0 Å². The van der Waals surface area contributed by atoms with Crippen LogP contribution in [0.25, 0.3) is 11.2 Å². The number of aromatic nitrogens is 2. The maximum atomic E-state index is 11.5. The number of fused-ring (bicyclic) bond motifs is 1. The third kappa shape index (κ3) is 2.48. The minimum Gasteiger partial charge on any atom is -0.463 e. The Labute approximate surface area is 102 Å². The van der Waals surface area contributed by atoms with Crippen LogP contribution >= 0.6 is 0 Å². The van der Waals surface area contributed by atoms with Gasteiger partial charge in [0.1, 0.15) is 0 Å². The van der Waals surface area contributed by atoms with E-state index in [4.69, 9.17) is 9.15 Å². The second-order valence-electron chi connectivity index (χ2n) is 3.46. The number of allylic oxidation sites excluding steroid dienone is 1. The first-order chi connectivity index (χ1) is 8.72. The van der Waals surface area contributed by atoms with Gasteiger partial charge in [-0.3, -0.25) is 4.57 Å². The zero-order valence-electron chi connectivity index (χ0n) is 9.83. The fourth-order valence-electron chi connectivity index (χ4n) is 1.51. The number of ether oxygens (including phenoxy) is 1. The minimum absolute atomic E-state index is 0.210. The van der Waals surface area contributed by atoms with Gasteiger partial charge >= 0.3 is 11.7 Å². The standard InChI is InChI=1S/C12H12N2O4/c1-2-17-10(15)6-4-8-14-11-9(18-12(14)16)5-3-7-13-11/h3-7H,2,8H2,1H3/b6-4+. The van der Waals surface area contributed by atoms with Gasteiger partial charge in [0.05, 0.1) is 6.61 Å². The fraction of sp³-hybridized carbons (Fsp3) is 0.250. The van der Waals surface area contributed by atoms with Gasteiger partial charge in [-0.05, 0) is 19.1 Å². The Hall–Kier alpha value is -2.37. The number of carbonyl (C=O) groups excluding carboxylic acids is 1. The first-order valence-electron chi connectivity index (χ1n) is 5.50. The molecule has 0 N–H and O–H groups in total. The number of oxazole rings is 1. The maximum absolute atomic E-state index is 11.5. The molecule has 0 spiro atoms. The summed E-state index contributed by atoms with van der Waals surface area (Å²) in [4.78, 5) is 26.7. The molecular weight excluding hydrogens is 236 g/mol. The van der Waals surface area contributed by atoms with Gasteiger partial charge < -0.3 is 9.15 Å². The number of hydrogen-bond acceptors (Lipinski definition) is 5. The van der Waals surface area contributed by atoms with Crippen molar-refractivity contribution in [3.63, 3.8) is 0 Å². The molecule has 0 unspecified atom stereocenters. The van der Waals surface area contributed by atoms with Crippen molar-refractivity contribution in [2.45, 2.75) is 13.5 Å². The number of esters is 1. The van der Waals surface area contributed by atoms with Crippen LogP contribution in [0.15, 0.2) is 39.7 Å². The van der Waals surface area contributed by atoms with Crippen LogP contribution < -0.4 is 5.76 Å². The van der Waals surface area contributed by atoms with Gasteiger partial charge in [-0.2, -0.15) is 0 Å². The molecule has 0 aliphatic rings. The van der Waals surface area contributed by atoms with Crippen molar-refractivity contribution in [2.75, 3.05) is 6.61 Å². The van der Waals surface area contributed by atoms with Gasteiger partial charge in [0.25, 0.3) is 0 Å². The molecule has 2 rings (SSSR count). The second-order valence-corrected chi connectivity index (χ2v) is 3.46. The lowest BCUT2D eigenvalue weighted by atomic mass is 10.4. The van der Waals surface area contributed by atoms with Crippen LogP contribution in [0, 0.1) is 0 Å². The quantitative estimate of drug-likeness (QED) is 0.598. The minimum atomic E-state index is -0.503. The highest BCUT2D eigenvalue weighted by molar-refractivity contribution is 5.81. The predicted octanol–water partition coefficient (Wildman–Crippen LogP) is 1.11. The van der Waals surface area contributed by atoms with Crippen LogP contribution in [0.2, 0.25) is 0 Å². The zero-order chi connectivity index (χ0) is 13.0. The summed E-state index contributed by atoms with van der Waals surface area (Å²) in [5.41, 5.74) is 0.878. The molecule has 6 heteroatoms. The molecule has 0 saturated heterocycles. The normalized spacial score (nSPS) is 11.2. The average molecular weight is 248 g/mol.